The van der Waals surface area contributed by atoms with Gasteiger partial charge in [-0.15, -0.1) is 0 Å². The third-order valence-corrected chi connectivity index (χ3v) is 3.40. The van der Waals surface area contributed by atoms with Gasteiger partial charge < -0.3 is 5.32 Å². The van der Waals surface area contributed by atoms with Crippen molar-refractivity contribution in [3.8, 4) is 0 Å². The molecule has 0 spiro atoms. The summed E-state index contributed by atoms with van der Waals surface area (Å²) in [7, 11) is 0. The van der Waals surface area contributed by atoms with Crippen molar-refractivity contribution >= 4 is 0 Å². The predicted molar refractivity (Wildman–Crippen MR) is 58.0 cm³/mol. The summed E-state index contributed by atoms with van der Waals surface area (Å²) in [6.07, 6.45) is 2.56. The Labute approximate surface area is 82.7 Å². The fourth-order valence-electron chi connectivity index (χ4n) is 1.99. The van der Waals surface area contributed by atoms with Gasteiger partial charge in [0.2, 0.25) is 0 Å². The Morgan fingerprint density at radius 3 is 2.62 bits per heavy atom. The van der Waals surface area contributed by atoms with Crippen LogP contribution in [0.2, 0.25) is 0 Å². The van der Waals surface area contributed by atoms with Crippen LogP contribution >= 0.6 is 0 Å². The monoisotopic (exact) mass is 184 g/mol. The molecule has 1 N–H and O–H groups in total. The molecule has 0 aliphatic carbocycles. The summed E-state index contributed by atoms with van der Waals surface area (Å²) in [5.74, 6) is 0. The van der Waals surface area contributed by atoms with E-state index < -0.39 is 0 Å². The Hall–Kier alpha value is -0.0800. The van der Waals surface area contributed by atoms with Crippen LogP contribution in [-0.2, 0) is 0 Å². The number of nitrogens with one attached hydrogen (secondary N) is 1. The largest absolute Gasteiger partial charge is 0.313 e. The number of hydrogen-bond donors (Lipinski definition) is 1. The molecule has 0 radical (unpaired) electrons. The summed E-state index contributed by atoms with van der Waals surface area (Å²) in [6, 6.07) is 0.732. The quantitative estimate of drug-likeness (QED) is 0.717. The van der Waals surface area contributed by atoms with E-state index in [0.29, 0.717) is 5.54 Å². The van der Waals surface area contributed by atoms with Gasteiger partial charge in [0.1, 0.15) is 0 Å². The lowest BCUT2D eigenvalue weighted by atomic mass is 10.0. The Balaban J connectivity index is 2.40. The number of nitrogens with zero attached hydrogens (tertiary/aromatic N) is 1. The third-order valence-electron chi connectivity index (χ3n) is 3.40. The van der Waals surface area contributed by atoms with Crippen molar-refractivity contribution in [1.82, 2.24) is 10.2 Å². The zero-order chi connectivity index (χ0) is 9.90. The van der Waals surface area contributed by atoms with E-state index in [1.165, 1.54) is 25.9 Å². The molecule has 0 amide bonds. The average Bonchev–Trinajstić information content (AvgIpc) is 2.54. The van der Waals surface area contributed by atoms with E-state index in [2.05, 4.69) is 37.9 Å². The van der Waals surface area contributed by atoms with E-state index in [9.17, 15) is 0 Å². The molecule has 0 aromatic carbocycles. The molecule has 2 heteroatoms. The Bertz CT molecular complexity index is 154. The number of hydrogen-bond acceptors (Lipinski definition) is 2. The SMILES string of the molecule is CCNC1CCN(C(C)(C)CC)C1. The van der Waals surface area contributed by atoms with Gasteiger partial charge in [-0.25, -0.2) is 0 Å². The minimum Gasteiger partial charge on any atom is -0.313 e. The lowest BCUT2D eigenvalue weighted by molar-refractivity contribution is 0.146. The molecule has 0 aromatic rings. The van der Waals surface area contributed by atoms with E-state index >= 15 is 0 Å². The first kappa shape index (κ1) is 11.0. The molecule has 78 valence electrons. The summed E-state index contributed by atoms with van der Waals surface area (Å²) < 4.78 is 0. The Morgan fingerprint density at radius 2 is 2.08 bits per heavy atom. The van der Waals surface area contributed by atoms with Gasteiger partial charge in [0, 0.05) is 24.7 Å². The second kappa shape index (κ2) is 4.43. The summed E-state index contributed by atoms with van der Waals surface area (Å²) in [6.45, 7) is 12.8. The van der Waals surface area contributed by atoms with Crippen LogP contribution in [0.15, 0.2) is 0 Å². The molecule has 0 aromatic heterocycles. The Morgan fingerprint density at radius 1 is 1.38 bits per heavy atom. The normalized spacial score (nSPS) is 25.4. The molecular formula is C11H24N2. The molecule has 1 heterocycles. The first-order valence-corrected chi connectivity index (χ1v) is 5.58. The molecule has 13 heavy (non-hydrogen) atoms. The smallest absolute Gasteiger partial charge is 0.0207 e. The van der Waals surface area contributed by atoms with Gasteiger partial charge in [-0.2, -0.15) is 0 Å². The van der Waals surface area contributed by atoms with Crippen LogP contribution in [0.4, 0.5) is 0 Å². The lowest BCUT2D eigenvalue weighted by Gasteiger charge is -2.34. The number of likely N-dealkylation sites (tertiary alicyclic amines) is 1. The van der Waals surface area contributed by atoms with Gasteiger partial charge >= 0.3 is 0 Å². The highest BCUT2D eigenvalue weighted by Gasteiger charge is 2.31. The molecule has 1 aliphatic rings. The topological polar surface area (TPSA) is 15.3 Å². The fraction of sp³-hybridized carbons (Fsp3) is 1.00. The summed E-state index contributed by atoms with van der Waals surface area (Å²) in [5.41, 5.74) is 0.393. The third kappa shape index (κ3) is 2.68. The van der Waals surface area contributed by atoms with Gasteiger partial charge in [-0.1, -0.05) is 13.8 Å². The van der Waals surface area contributed by atoms with Crippen molar-refractivity contribution in [3.63, 3.8) is 0 Å². The van der Waals surface area contributed by atoms with Gasteiger partial charge in [-0.3, -0.25) is 4.90 Å². The van der Waals surface area contributed by atoms with E-state index in [0.717, 1.165) is 12.6 Å². The van der Waals surface area contributed by atoms with E-state index in [-0.39, 0.29) is 0 Å². The van der Waals surface area contributed by atoms with Crippen molar-refractivity contribution in [2.45, 2.75) is 52.1 Å². The van der Waals surface area contributed by atoms with Gasteiger partial charge in [0.15, 0.2) is 0 Å². The van der Waals surface area contributed by atoms with Crippen molar-refractivity contribution in [2.24, 2.45) is 0 Å². The molecule has 1 aliphatic heterocycles. The first-order valence-electron chi connectivity index (χ1n) is 5.58. The predicted octanol–water partition coefficient (Wildman–Crippen LogP) is 1.86. The standard InChI is InChI=1S/C11H24N2/c1-5-11(3,4)13-8-7-10(9-13)12-6-2/h10,12H,5-9H2,1-4H3. The second-order valence-electron chi connectivity index (χ2n) is 4.66. The highest BCUT2D eigenvalue weighted by molar-refractivity contribution is 4.89. The highest BCUT2D eigenvalue weighted by atomic mass is 15.2. The van der Waals surface area contributed by atoms with E-state index in [4.69, 9.17) is 0 Å². The molecular weight excluding hydrogens is 160 g/mol. The van der Waals surface area contributed by atoms with E-state index in [1.54, 1.807) is 0 Å². The molecule has 1 saturated heterocycles. The number of rotatable bonds is 4. The Kier molecular flexibility index (Phi) is 3.74. The maximum Gasteiger partial charge on any atom is 0.0207 e. The van der Waals surface area contributed by atoms with Crippen LogP contribution in [0.1, 0.15) is 40.5 Å². The fourth-order valence-corrected chi connectivity index (χ4v) is 1.99. The zero-order valence-electron chi connectivity index (χ0n) is 9.56. The molecule has 0 saturated carbocycles. The van der Waals surface area contributed by atoms with Crippen LogP contribution < -0.4 is 5.32 Å². The first-order chi connectivity index (χ1) is 6.10. The van der Waals surface area contributed by atoms with Crippen LogP contribution in [-0.4, -0.2) is 36.1 Å². The summed E-state index contributed by atoms with van der Waals surface area (Å²) in [4.78, 5) is 2.61. The summed E-state index contributed by atoms with van der Waals surface area (Å²) in [5, 5.41) is 3.53. The lowest BCUT2D eigenvalue weighted by Crippen LogP contribution is -2.43. The van der Waals surface area contributed by atoms with Crippen molar-refractivity contribution < 1.29 is 0 Å². The van der Waals surface area contributed by atoms with E-state index in [1.807, 2.05) is 0 Å². The van der Waals surface area contributed by atoms with Crippen LogP contribution in [0, 0.1) is 0 Å². The molecule has 2 nitrogen and oxygen atoms in total. The van der Waals surface area contributed by atoms with Crippen LogP contribution in [0.25, 0.3) is 0 Å². The maximum atomic E-state index is 3.53. The molecule has 1 atom stereocenters. The zero-order valence-corrected chi connectivity index (χ0v) is 9.56. The highest BCUT2D eigenvalue weighted by Crippen LogP contribution is 2.23. The van der Waals surface area contributed by atoms with Crippen LogP contribution in [0.3, 0.4) is 0 Å². The average molecular weight is 184 g/mol. The minimum absolute atomic E-state index is 0.393. The molecule has 1 unspecified atom stereocenters. The maximum absolute atomic E-state index is 3.53. The van der Waals surface area contributed by atoms with Crippen molar-refractivity contribution in [2.75, 3.05) is 19.6 Å². The molecule has 0 bridgehead atoms. The molecule has 1 fully saturated rings. The van der Waals surface area contributed by atoms with Gasteiger partial charge in [0.25, 0.3) is 0 Å². The molecule has 1 rings (SSSR count). The van der Waals surface area contributed by atoms with Crippen molar-refractivity contribution in [3.05, 3.63) is 0 Å². The van der Waals surface area contributed by atoms with Crippen molar-refractivity contribution in [1.29, 1.82) is 0 Å². The van der Waals surface area contributed by atoms with Crippen LogP contribution in [0.5, 0.6) is 0 Å². The summed E-state index contributed by atoms with van der Waals surface area (Å²) >= 11 is 0. The van der Waals surface area contributed by atoms with Gasteiger partial charge in [-0.05, 0) is 33.2 Å². The minimum atomic E-state index is 0.393. The number of likely N-dealkylation sites (N-methyl/N-ethyl adjacent to an activating group) is 1. The van der Waals surface area contributed by atoms with Gasteiger partial charge in [0.05, 0.1) is 0 Å². The second-order valence-corrected chi connectivity index (χ2v) is 4.66.